The Balaban J connectivity index is 1.58. The van der Waals surface area contributed by atoms with Crippen molar-refractivity contribution in [1.29, 1.82) is 0 Å². The van der Waals surface area contributed by atoms with Crippen LogP contribution in [-0.4, -0.2) is 58.8 Å². The fraction of sp³-hybridized carbons (Fsp3) is 0.412. The third kappa shape index (κ3) is 4.77. The van der Waals surface area contributed by atoms with Gasteiger partial charge < -0.3 is 19.7 Å². The highest BCUT2D eigenvalue weighted by Gasteiger charge is 2.19. The molecule has 0 fully saturated rings. The summed E-state index contributed by atoms with van der Waals surface area (Å²) < 4.78 is 38.3. The van der Waals surface area contributed by atoms with E-state index in [2.05, 4.69) is 20.0 Å². The van der Waals surface area contributed by atoms with Crippen LogP contribution in [0, 0.1) is 6.92 Å². The molecule has 10 heteroatoms. The number of hydrogen-bond donors (Lipinski definition) is 2. The van der Waals surface area contributed by atoms with Crippen molar-refractivity contribution in [3.05, 3.63) is 30.1 Å². The first-order valence-corrected chi connectivity index (χ1v) is 10.00. The fourth-order valence-electron chi connectivity index (χ4n) is 2.52. The standard InChI is InChI=1S/C17H23N5O4S/c1-12-20-16(11-17(21-12)22(2)3)18-6-7-19-27(23,24)13-4-5-14-15(10-13)26-9-8-25-14/h4-5,10-11,19H,6-9H2,1-3H3,(H,18,20,21). The van der Waals surface area contributed by atoms with Gasteiger partial charge in [-0.05, 0) is 19.1 Å². The Hall–Kier alpha value is -2.59. The van der Waals surface area contributed by atoms with Gasteiger partial charge in [0.1, 0.15) is 30.7 Å². The first-order chi connectivity index (χ1) is 12.8. The summed E-state index contributed by atoms with van der Waals surface area (Å²) in [4.78, 5) is 10.6. The molecular weight excluding hydrogens is 370 g/mol. The molecule has 0 bridgehead atoms. The molecule has 0 saturated heterocycles. The summed E-state index contributed by atoms with van der Waals surface area (Å²) in [6, 6.07) is 6.39. The van der Waals surface area contributed by atoms with E-state index in [1.54, 1.807) is 6.07 Å². The van der Waals surface area contributed by atoms with Crippen molar-refractivity contribution in [2.75, 3.05) is 50.6 Å². The number of nitrogens with zero attached hydrogens (tertiary/aromatic N) is 3. The number of aromatic nitrogens is 2. The highest BCUT2D eigenvalue weighted by molar-refractivity contribution is 7.89. The molecule has 2 heterocycles. The molecule has 2 aromatic rings. The summed E-state index contributed by atoms with van der Waals surface area (Å²) in [6.45, 7) is 3.26. The first kappa shape index (κ1) is 19.2. The van der Waals surface area contributed by atoms with Gasteiger partial charge in [0.25, 0.3) is 0 Å². The smallest absolute Gasteiger partial charge is 0.240 e. The predicted octanol–water partition coefficient (Wildman–Crippen LogP) is 1.01. The van der Waals surface area contributed by atoms with E-state index < -0.39 is 10.0 Å². The zero-order valence-electron chi connectivity index (χ0n) is 15.5. The molecule has 0 aliphatic carbocycles. The molecule has 146 valence electrons. The van der Waals surface area contributed by atoms with E-state index in [0.717, 1.165) is 5.82 Å². The normalized spacial score (nSPS) is 13.3. The summed E-state index contributed by atoms with van der Waals surface area (Å²) >= 11 is 0. The zero-order valence-corrected chi connectivity index (χ0v) is 16.3. The van der Waals surface area contributed by atoms with Crippen LogP contribution in [0.1, 0.15) is 5.82 Å². The van der Waals surface area contributed by atoms with Crippen molar-refractivity contribution in [2.45, 2.75) is 11.8 Å². The topological polar surface area (TPSA) is 106 Å². The molecule has 0 unspecified atom stereocenters. The van der Waals surface area contributed by atoms with Crippen LogP contribution in [0.2, 0.25) is 0 Å². The highest BCUT2D eigenvalue weighted by Crippen LogP contribution is 2.32. The summed E-state index contributed by atoms with van der Waals surface area (Å²) in [5.41, 5.74) is 0. The molecule has 0 radical (unpaired) electrons. The first-order valence-electron chi connectivity index (χ1n) is 8.51. The van der Waals surface area contributed by atoms with Crippen molar-refractivity contribution in [3.8, 4) is 11.5 Å². The molecule has 1 aliphatic heterocycles. The van der Waals surface area contributed by atoms with E-state index in [9.17, 15) is 8.42 Å². The lowest BCUT2D eigenvalue weighted by atomic mass is 10.3. The van der Waals surface area contributed by atoms with Gasteiger partial charge in [-0.25, -0.2) is 23.1 Å². The molecular formula is C17H23N5O4S. The minimum absolute atomic E-state index is 0.138. The van der Waals surface area contributed by atoms with Gasteiger partial charge in [0.05, 0.1) is 4.90 Å². The minimum Gasteiger partial charge on any atom is -0.486 e. The second-order valence-electron chi connectivity index (χ2n) is 6.18. The molecule has 2 N–H and O–H groups in total. The predicted molar refractivity (Wildman–Crippen MR) is 102 cm³/mol. The Morgan fingerprint density at radius 2 is 1.81 bits per heavy atom. The van der Waals surface area contributed by atoms with Crippen LogP contribution in [0.3, 0.4) is 0 Å². The van der Waals surface area contributed by atoms with Gasteiger partial charge in [0.2, 0.25) is 10.0 Å². The fourth-order valence-corrected chi connectivity index (χ4v) is 3.57. The molecule has 0 saturated carbocycles. The van der Waals surface area contributed by atoms with Crippen molar-refractivity contribution < 1.29 is 17.9 Å². The molecule has 1 aromatic heterocycles. The van der Waals surface area contributed by atoms with Crippen LogP contribution in [0.5, 0.6) is 11.5 Å². The van der Waals surface area contributed by atoms with Gasteiger partial charge in [-0.1, -0.05) is 0 Å². The Morgan fingerprint density at radius 3 is 2.56 bits per heavy atom. The molecule has 0 spiro atoms. The zero-order chi connectivity index (χ0) is 19.4. The van der Waals surface area contributed by atoms with Crippen LogP contribution in [0.4, 0.5) is 11.6 Å². The quantitative estimate of drug-likeness (QED) is 0.672. The maximum Gasteiger partial charge on any atom is 0.240 e. The van der Waals surface area contributed by atoms with E-state index in [4.69, 9.17) is 9.47 Å². The molecule has 0 atom stereocenters. The Bertz CT molecular complexity index is 918. The Kier molecular flexibility index (Phi) is 5.66. The van der Waals surface area contributed by atoms with E-state index in [-0.39, 0.29) is 11.4 Å². The van der Waals surface area contributed by atoms with Crippen LogP contribution >= 0.6 is 0 Å². The molecule has 27 heavy (non-hydrogen) atoms. The minimum atomic E-state index is -3.64. The number of aryl methyl sites for hydroxylation is 1. The lowest BCUT2D eigenvalue weighted by Gasteiger charge is -2.19. The highest BCUT2D eigenvalue weighted by atomic mass is 32.2. The lowest BCUT2D eigenvalue weighted by Crippen LogP contribution is -2.29. The van der Waals surface area contributed by atoms with Crippen molar-refractivity contribution in [2.24, 2.45) is 0 Å². The van der Waals surface area contributed by atoms with Gasteiger partial charge in [-0.3, -0.25) is 0 Å². The maximum absolute atomic E-state index is 12.5. The van der Waals surface area contributed by atoms with Gasteiger partial charge in [-0.15, -0.1) is 0 Å². The van der Waals surface area contributed by atoms with E-state index >= 15 is 0 Å². The Morgan fingerprint density at radius 1 is 1.07 bits per heavy atom. The summed E-state index contributed by atoms with van der Waals surface area (Å²) in [5, 5.41) is 3.11. The van der Waals surface area contributed by atoms with Crippen molar-refractivity contribution >= 4 is 21.7 Å². The molecule has 1 aromatic carbocycles. The van der Waals surface area contributed by atoms with Crippen molar-refractivity contribution in [3.63, 3.8) is 0 Å². The molecule has 3 rings (SSSR count). The Labute approximate surface area is 158 Å². The van der Waals surface area contributed by atoms with E-state index in [0.29, 0.717) is 42.9 Å². The monoisotopic (exact) mass is 393 g/mol. The summed E-state index contributed by atoms with van der Waals surface area (Å²) in [6.07, 6.45) is 0. The second kappa shape index (κ2) is 7.97. The number of nitrogens with one attached hydrogen (secondary N) is 2. The van der Waals surface area contributed by atoms with Crippen LogP contribution in [0.25, 0.3) is 0 Å². The van der Waals surface area contributed by atoms with Gasteiger partial charge >= 0.3 is 0 Å². The van der Waals surface area contributed by atoms with Gasteiger partial charge in [0, 0.05) is 39.3 Å². The SMILES string of the molecule is Cc1nc(NCCNS(=O)(=O)c2ccc3c(c2)OCCO3)cc(N(C)C)n1. The van der Waals surface area contributed by atoms with Crippen molar-refractivity contribution in [1.82, 2.24) is 14.7 Å². The number of ether oxygens (including phenoxy) is 2. The molecule has 1 aliphatic rings. The second-order valence-corrected chi connectivity index (χ2v) is 7.95. The number of anilines is 2. The van der Waals surface area contributed by atoms with Gasteiger partial charge in [0.15, 0.2) is 11.5 Å². The molecule has 0 amide bonds. The maximum atomic E-state index is 12.5. The number of sulfonamides is 1. The number of rotatable bonds is 7. The van der Waals surface area contributed by atoms with E-state index in [1.165, 1.54) is 12.1 Å². The average molecular weight is 393 g/mol. The summed E-state index contributed by atoms with van der Waals surface area (Å²) in [7, 11) is 0.147. The van der Waals surface area contributed by atoms with Gasteiger partial charge in [-0.2, -0.15) is 0 Å². The number of benzene rings is 1. The summed E-state index contributed by atoms with van der Waals surface area (Å²) in [5.74, 6) is 3.06. The van der Waals surface area contributed by atoms with Crippen LogP contribution in [0.15, 0.2) is 29.2 Å². The molecule has 9 nitrogen and oxygen atoms in total. The average Bonchev–Trinajstić information content (AvgIpc) is 2.64. The largest absolute Gasteiger partial charge is 0.486 e. The number of hydrogen-bond acceptors (Lipinski definition) is 8. The van der Waals surface area contributed by atoms with Crippen LogP contribution in [-0.2, 0) is 10.0 Å². The third-order valence-corrected chi connectivity index (χ3v) is 5.29. The number of fused-ring (bicyclic) bond motifs is 1. The van der Waals surface area contributed by atoms with Crippen LogP contribution < -0.4 is 24.4 Å². The lowest BCUT2D eigenvalue weighted by molar-refractivity contribution is 0.171. The third-order valence-electron chi connectivity index (χ3n) is 3.83. The van der Waals surface area contributed by atoms with E-state index in [1.807, 2.05) is 32.0 Å².